The molecule has 0 amide bonds. The van der Waals surface area contributed by atoms with Gasteiger partial charge in [-0.1, -0.05) is 30.3 Å². The average Bonchev–Trinajstić information content (AvgIpc) is 2.37. The van der Waals surface area contributed by atoms with Crippen molar-refractivity contribution in [3.8, 4) is 5.75 Å². The minimum Gasteiger partial charge on any atom is -0.495 e. The molecule has 17 heavy (non-hydrogen) atoms. The van der Waals surface area contributed by atoms with Gasteiger partial charge in [0.15, 0.2) is 0 Å². The van der Waals surface area contributed by atoms with E-state index in [-0.39, 0.29) is 0 Å². The summed E-state index contributed by atoms with van der Waals surface area (Å²) in [4.78, 5) is 1.09. The minimum atomic E-state index is 0.931. The molecule has 0 aromatic heterocycles. The fourth-order valence-electron chi connectivity index (χ4n) is 1.59. The maximum Gasteiger partial charge on any atom is 0.137 e. The van der Waals surface area contributed by atoms with Crippen LogP contribution in [-0.4, -0.2) is 7.11 Å². The highest BCUT2D eigenvalue weighted by molar-refractivity contribution is 8.00. The lowest BCUT2D eigenvalue weighted by Crippen LogP contribution is -1.92. The topological polar surface area (TPSA) is 21.3 Å². The predicted molar refractivity (Wildman–Crippen MR) is 73.7 cm³/mol. The quantitative estimate of drug-likeness (QED) is 0.819. The number of aryl methyl sites for hydroxylation is 1. The maximum absolute atomic E-state index is 5.40. The Hall–Kier alpha value is -1.61. The number of hydrogen-bond donors (Lipinski definition) is 1. The lowest BCUT2D eigenvalue weighted by atomic mass is 10.2. The van der Waals surface area contributed by atoms with Crippen molar-refractivity contribution in [3.05, 3.63) is 54.1 Å². The van der Waals surface area contributed by atoms with Gasteiger partial charge < -0.3 is 9.46 Å². The number of hydrogen-bond acceptors (Lipinski definition) is 3. The molecule has 0 aliphatic heterocycles. The summed E-state index contributed by atoms with van der Waals surface area (Å²) in [6.45, 7) is 2.05. The summed E-state index contributed by atoms with van der Waals surface area (Å²) in [6.07, 6.45) is 0. The molecule has 0 aliphatic carbocycles. The zero-order chi connectivity index (χ0) is 12.1. The predicted octanol–water partition coefficient (Wildman–Crippen LogP) is 4.12. The van der Waals surface area contributed by atoms with Gasteiger partial charge in [-0.15, -0.1) is 0 Å². The van der Waals surface area contributed by atoms with E-state index in [9.17, 15) is 0 Å². The van der Waals surface area contributed by atoms with Crippen LogP contribution in [0.1, 0.15) is 5.56 Å². The first-order valence-electron chi connectivity index (χ1n) is 5.43. The number of methoxy groups -OCH3 is 1. The largest absolute Gasteiger partial charge is 0.495 e. The molecule has 0 atom stereocenters. The molecule has 0 bridgehead atoms. The Balaban J connectivity index is 2.12. The molecular weight excluding hydrogens is 230 g/mol. The number of rotatable bonds is 4. The second-order valence-electron chi connectivity index (χ2n) is 3.68. The van der Waals surface area contributed by atoms with Crippen LogP contribution in [-0.2, 0) is 0 Å². The molecule has 1 N–H and O–H groups in total. The van der Waals surface area contributed by atoms with Crippen molar-refractivity contribution in [2.75, 3.05) is 11.8 Å². The molecule has 0 unspecified atom stereocenters. The van der Waals surface area contributed by atoms with Crippen LogP contribution in [0.3, 0.4) is 0 Å². The minimum absolute atomic E-state index is 0.931. The highest BCUT2D eigenvalue weighted by Crippen LogP contribution is 2.32. The summed E-state index contributed by atoms with van der Waals surface area (Å²) in [7, 11) is 1.70. The van der Waals surface area contributed by atoms with Crippen molar-refractivity contribution >= 4 is 17.6 Å². The van der Waals surface area contributed by atoms with Crippen molar-refractivity contribution in [2.24, 2.45) is 0 Å². The van der Waals surface area contributed by atoms with E-state index in [1.54, 1.807) is 19.1 Å². The van der Waals surface area contributed by atoms with Gasteiger partial charge in [0.2, 0.25) is 0 Å². The third-order valence-corrected chi connectivity index (χ3v) is 3.31. The van der Waals surface area contributed by atoms with Crippen LogP contribution in [0.4, 0.5) is 5.69 Å². The molecule has 3 heteroatoms. The molecule has 0 aliphatic rings. The molecule has 0 saturated carbocycles. The first-order valence-corrected chi connectivity index (χ1v) is 6.24. The van der Waals surface area contributed by atoms with Gasteiger partial charge in [0.1, 0.15) is 5.75 Å². The second kappa shape index (κ2) is 5.64. The Morgan fingerprint density at radius 3 is 2.47 bits per heavy atom. The Morgan fingerprint density at radius 2 is 1.76 bits per heavy atom. The summed E-state index contributed by atoms with van der Waals surface area (Å²) in [5.74, 6) is 0.931. The van der Waals surface area contributed by atoms with Crippen LogP contribution in [0.5, 0.6) is 5.75 Å². The van der Waals surface area contributed by atoms with E-state index in [4.69, 9.17) is 4.74 Å². The van der Waals surface area contributed by atoms with Crippen molar-refractivity contribution in [2.45, 2.75) is 11.8 Å². The van der Waals surface area contributed by atoms with Crippen molar-refractivity contribution in [1.29, 1.82) is 0 Å². The molecule has 2 nitrogen and oxygen atoms in total. The normalized spacial score (nSPS) is 10.0. The van der Waals surface area contributed by atoms with Gasteiger partial charge in [0.05, 0.1) is 12.0 Å². The molecular formula is C14H15NOS. The maximum atomic E-state index is 5.40. The van der Waals surface area contributed by atoms with Crippen molar-refractivity contribution < 1.29 is 4.74 Å². The first kappa shape index (κ1) is 11.9. The van der Waals surface area contributed by atoms with Gasteiger partial charge in [-0.3, -0.25) is 0 Å². The van der Waals surface area contributed by atoms with Crippen LogP contribution < -0.4 is 9.46 Å². The van der Waals surface area contributed by atoms with E-state index in [0.717, 1.165) is 21.9 Å². The highest BCUT2D eigenvalue weighted by atomic mass is 32.2. The molecule has 88 valence electrons. The van der Waals surface area contributed by atoms with E-state index in [1.807, 2.05) is 55.5 Å². The standard InChI is InChI=1S/C14H15NOS/c1-11-7-6-10-13(14(11)16-2)17-15-12-8-4-3-5-9-12/h3-10,15H,1-2H3. The third kappa shape index (κ3) is 2.94. The molecule has 0 heterocycles. The highest BCUT2D eigenvalue weighted by Gasteiger charge is 2.06. The van der Waals surface area contributed by atoms with Crippen LogP contribution in [0.2, 0.25) is 0 Å². The zero-order valence-electron chi connectivity index (χ0n) is 9.94. The van der Waals surface area contributed by atoms with Gasteiger partial charge in [0.25, 0.3) is 0 Å². The number of para-hydroxylation sites is 2. The van der Waals surface area contributed by atoms with Gasteiger partial charge in [-0.2, -0.15) is 0 Å². The Morgan fingerprint density at radius 1 is 1.00 bits per heavy atom. The van der Waals surface area contributed by atoms with Gasteiger partial charge in [-0.25, -0.2) is 0 Å². The average molecular weight is 245 g/mol. The monoisotopic (exact) mass is 245 g/mol. The van der Waals surface area contributed by atoms with E-state index in [1.165, 1.54) is 0 Å². The van der Waals surface area contributed by atoms with Crippen LogP contribution >= 0.6 is 11.9 Å². The molecule has 0 spiro atoms. The second-order valence-corrected chi connectivity index (χ2v) is 4.52. The summed E-state index contributed by atoms with van der Waals surface area (Å²) in [5.41, 5.74) is 2.23. The van der Waals surface area contributed by atoms with Crippen LogP contribution in [0.25, 0.3) is 0 Å². The molecule has 0 fully saturated rings. The fraction of sp³-hybridized carbons (Fsp3) is 0.143. The Bertz CT molecular complexity index is 485. The smallest absolute Gasteiger partial charge is 0.137 e. The third-order valence-electron chi connectivity index (χ3n) is 2.43. The number of ether oxygens (including phenoxy) is 1. The molecule has 2 aromatic rings. The fourth-order valence-corrected chi connectivity index (χ4v) is 2.44. The first-order chi connectivity index (χ1) is 8.31. The van der Waals surface area contributed by atoms with E-state index in [0.29, 0.717) is 0 Å². The van der Waals surface area contributed by atoms with E-state index >= 15 is 0 Å². The SMILES string of the molecule is COc1c(C)cccc1SNc1ccccc1. The summed E-state index contributed by atoms with van der Waals surface area (Å²) in [5, 5.41) is 0. The molecule has 0 saturated heterocycles. The van der Waals surface area contributed by atoms with Gasteiger partial charge in [0, 0.05) is 5.69 Å². The van der Waals surface area contributed by atoms with E-state index in [2.05, 4.69) is 4.72 Å². The van der Waals surface area contributed by atoms with Crippen molar-refractivity contribution in [1.82, 2.24) is 0 Å². The molecule has 0 radical (unpaired) electrons. The van der Waals surface area contributed by atoms with Crippen LogP contribution in [0.15, 0.2) is 53.4 Å². The zero-order valence-corrected chi connectivity index (χ0v) is 10.8. The summed E-state index contributed by atoms with van der Waals surface area (Å²) >= 11 is 1.56. The lowest BCUT2D eigenvalue weighted by Gasteiger charge is -2.11. The Labute approximate surface area is 106 Å². The van der Waals surface area contributed by atoms with Crippen molar-refractivity contribution in [3.63, 3.8) is 0 Å². The molecule has 2 aromatic carbocycles. The van der Waals surface area contributed by atoms with Gasteiger partial charge in [-0.05, 0) is 42.6 Å². The summed E-state index contributed by atoms with van der Waals surface area (Å²) in [6, 6.07) is 16.2. The van der Waals surface area contributed by atoms with E-state index < -0.39 is 0 Å². The Kier molecular flexibility index (Phi) is 3.94. The number of nitrogens with one attached hydrogen (secondary N) is 1. The van der Waals surface area contributed by atoms with Gasteiger partial charge >= 0.3 is 0 Å². The molecule has 2 rings (SSSR count). The number of benzene rings is 2. The number of anilines is 1. The van der Waals surface area contributed by atoms with Crippen LogP contribution in [0, 0.1) is 6.92 Å². The lowest BCUT2D eigenvalue weighted by molar-refractivity contribution is 0.401. The summed E-state index contributed by atoms with van der Waals surface area (Å²) < 4.78 is 8.70.